The van der Waals surface area contributed by atoms with Crippen molar-refractivity contribution in [3.05, 3.63) is 35.9 Å². The number of hydrogen-bond acceptors (Lipinski definition) is 4. The van der Waals surface area contributed by atoms with E-state index in [9.17, 15) is 9.90 Å². The number of rotatable bonds is 7. The number of aliphatic hydroxyl groups is 1. The first-order valence-corrected chi connectivity index (χ1v) is 9.70. The summed E-state index contributed by atoms with van der Waals surface area (Å²) in [5.74, 6) is 0.535. The molecular formula is C20H32N4O3. The fourth-order valence-electron chi connectivity index (χ4n) is 3.34. The molecule has 7 nitrogen and oxygen atoms in total. The molecule has 1 aromatic carbocycles. The summed E-state index contributed by atoms with van der Waals surface area (Å²) in [6, 6.07) is 10.3. The zero-order valence-electron chi connectivity index (χ0n) is 16.3. The highest BCUT2D eigenvalue weighted by Crippen LogP contribution is 2.21. The van der Waals surface area contributed by atoms with Crippen LogP contribution in [0.5, 0.6) is 0 Å². The number of amides is 1. The van der Waals surface area contributed by atoms with Crippen LogP contribution in [0.25, 0.3) is 0 Å². The van der Waals surface area contributed by atoms with E-state index in [-0.39, 0.29) is 18.1 Å². The second-order valence-electron chi connectivity index (χ2n) is 7.02. The van der Waals surface area contributed by atoms with Crippen molar-refractivity contribution in [1.82, 2.24) is 10.2 Å². The van der Waals surface area contributed by atoms with Crippen molar-refractivity contribution in [3.8, 4) is 0 Å². The van der Waals surface area contributed by atoms with Crippen LogP contribution in [0.1, 0.15) is 44.6 Å². The van der Waals surface area contributed by atoms with Crippen LogP contribution in [-0.4, -0.2) is 60.4 Å². The highest BCUT2D eigenvalue weighted by atomic mass is 16.6. The third-order valence-electron chi connectivity index (χ3n) is 4.75. The first-order chi connectivity index (χ1) is 13.0. The standard InChI is InChI=1S/C20H32N4O3/c1-3-27-20(26)24-11-9-18(10-12-24)23-19(21)22-14-17(13-15(2)25)16-7-5-4-6-8-16/h4-8,15,17-18,25H,3,9-14H2,1-2H3,(H3,21,22,23). The quantitative estimate of drug-likeness (QED) is 0.500. The number of benzene rings is 1. The van der Waals surface area contributed by atoms with Gasteiger partial charge in [0, 0.05) is 31.6 Å². The molecule has 1 amide bonds. The van der Waals surface area contributed by atoms with E-state index in [2.05, 4.69) is 22.4 Å². The van der Waals surface area contributed by atoms with Crippen LogP contribution >= 0.6 is 0 Å². The van der Waals surface area contributed by atoms with Crippen molar-refractivity contribution in [2.24, 2.45) is 10.7 Å². The molecule has 1 aromatic rings. The molecule has 0 radical (unpaired) electrons. The Morgan fingerprint density at radius 2 is 2.04 bits per heavy atom. The molecule has 1 aliphatic heterocycles. The van der Waals surface area contributed by atoms with Gasteiger partial charge in [0.05, 0.1) is 12.7 Å². The molecule has 7 heteroatoms. The number of aliphatic hydroxyl groups excluding tert-OH is 1. The lowest BCUT2D eigenvalue weighted by molar-refractivity contribution is 0.0963. The lowest BCUT2D eigenvalue weighted by atomic mass is 9.93. The lowest BCUT2D eigenvalue weighted by Crippen LogP contribution is -2.48. The first kappa shape index (κ1) is 21.0. The van der Waals surface area contributed by atoms with E-state index in [4.69, 9.17) is 10.5 Å². The minimum Gasteiger partial charge on any atom is -0.450 e. The van der Waals surface area contributed by atoms with Crippen molar-refractivity contribution in [1.29, 1.82) is 0 Å². The van der Waals surface area contributed by atoms with Gasteiger partial charge in [-0.05, 0) is 38.7 Å². The molecule has 2 atom stereocenters. The zero-order valence-corrected chi connectivity index (χ0v) is 16.3. The second-order valence-corrected chi connectivity index (χ2v) is 7.02. The predicted octanol–water partition coefficient (Wildman–Crippen LogP) is 2.07. The normalized spacial score (nSPS) is 18.0. The number of nitrogens with zero attached hydrogens (tertiary/aromatic N) is 2. The number of aliphatic imine (C=N–C) groups is 1. The largest absolute Gasteiger partial charge is 0.450 e. The van der Waals surface area contributed by atoms with Gasteiger partial charge in [-0.2, -0.15) is 0 Å². The summed E-state index contributed by atoms with van der Waals surface area (Å²) >= 11 is 0. The number of nitrogens with one attached hydrogen (secondary N) is 1. The second kappa shape index (κ2) is 10.8. The molecule has 1 saturated heterocycles. The van der Waals surface area contributed by atoms with Gasteiger partial charge in [0.2, 0.25) is 0 Å². The molecule has 2 unspecified atom stereocenters. The minimum absolute atomic E-state index is 0.122. The van der Waals surface area contributed by atoms with E-state index in [0.29, 0.717) is 38.6 Å². The number of carbonyl (C=O) groups is 1. The topological polar surface area (TPSA) is 100 Å². The average Bonchev–Trinajstić information content (AvgIpc) is 2.66. The summed E-state index contributed by atoms with van der Waals surface area (Å²) in [4.78, 5) is 18.0. The Morgan fingerprint density at radius 3 is 2.63 bits per heavy atom. The molecular weight excluding hydrogens is 344 g/mol. The maximum atomic E-state index is 11.7. The van der Waals surface area contributed by atoms with E-state index < -0.39 is 6.10 Å². The molecule has 1 heterocycles. The van der Waals surface area contributed by atoms with Gasteiger partial charge in [0.1, 0.15) is 0 Å². The molecule has 4 N–H and O–H groups in total. The van der Waals surface area contributed by atoms with Crippen LogP contribution in [-0.2, 0) is 4.74 Å². The number of carbonyl (C=O) groups excluding carboxylic acids is 1. The maximum absolute atomic E-state index is 11.7. The maximum Gasteiger partial charge on any atom is 0.409 e. The SMILES string of the molecule is CCOC(=O)N1CCC(NC(N)=NCC(CC(C)O)c2ccccc2)CC1. The van der Waals surface area contributed by atoms with Crippen LogP contribution < -0.4 is 11.1 Å². The van der Waals surface area contributed by atoms with Gasteiger partial charge in [-0.15, -0.1) is 0 Å². The van der Waals surface area contributed by atoms with Crippen molar-refractivity contribution in [2.45, 2.75) is 51.2 Å². The van der Waals surface area contributed by atoms with Gasteiger partial charge < -0.3 is 25.8 Å². The van der Waals surface area contributed by atoms with Crippen LogP contribution in [0.4, 0.5) is 4.79 Å². The van der Waals surface area contributed by atoms with Gasteiger partial charge in [-0.3, -0.25) is 4.99 Å². The summed E-state index contributed by atoms with van der Waals surface area (Å²) < 4.78 is 5.03. The highest BCUT2D eigenvalue weighted by molar-refractivity contribution is 5.78. The Balaban J connectivity index is 1.85. The van der Waals surface area contributed by atoms with Crippen molar-refractivity contribution >= 4 is 12.1 Å². The number of nitrogens with two attached hydrogens (primary N) is 1. The predicted molar refractivity (Wildman–Crippen MR) is 107 cm³/mol. The van der Waals surface area contributed by atoms with Gasteiger partial charge >= 0.3 is 6.09 Å². The Bertz CT molecular complexity index is 599. The fourth-order valence-corrected chi connectivity index (χ4v) is 3.34. The number of ether oxygens (including phenoxy) is 1. The monoisotopic (exact) mass is 376 g/mol. The van der Waals surface area contributed by atoms with Crippen molar-refractivity contribution in [3.63, 3.8) is 0 Å². The Labute approximate surface area is 161 Å². The van der Waals surface area contributed by atoms with Crippen molar-refractivity contribution < 1.29 is 14.6 Å². The summed E-state index contributed by atoms with van der Waals surface area (Å²) in [5, 5.41) is 13.0. The Kier molecular flexibility index (Phi) is 8.39. The molecule has 2 rings (SSSR count). The number of hydrogen-bond donors (Lipinski definition) is 3. The van der Waals surface area contributed by atoms with Gasteiger partial charge in [0.15, 0.2) is 5.96 Å². The van der Waals surface area contributed by atoms with E-state index in [1.165, 1.54) is 0 Å². The number of guanidine groups is 1. The first-order valence-electron chi connectivity index (χ1n) is 9.70. The van der Waals surface area contributed by atoms with Crippen LogP contribution in [0.2, 0.25) is 0 Å². The third kappa shape index (κ3) is 7.09. The Morgan fingerprint density at radius 1 is 1.37 bits per heavy atom. The molecule has 1 aliphatic rings. The zero-order chi connectivity index (χ0) is 19.6. The summed E-state index contributed by atoms with van der Waals surface area (Å²) in [6.07, 6.45) is 1.61. The molecule has 0 aliphatic carbocycles. The third-order valence-corrected chi connectivity index (χ3v) is 4.75. The fraction of sp³-hybridized carbons (Fsp3) is 0.600. The van der Waals surface area contributed by atoms with Gasteiger partial charge in [0.25, 0.3) is 0 Å². The molecule has 0 aromatic heterocycles. The molecule has 0 spiro atoms. The van der Waals surface area contributed by atoms with Crippen LogP contribution in [0, 0.1) is 0 Å². The van der Waals surface area contributed by atoms with E-state index in [1.54, 1.807) is 11.8 Å². The molecule has 0 bridgehead atoms. The Hall–Kier alpha value is -2.28. The summed E-state index contributed by atoms with van der Waals surface area (Å²) in [5.41, 5.74) is 7.23. The van der Waals surface area contributed by atoms with E-state index >= 15 is 0 Å². The number of piperidine rings is 1. The summed E-state index contributed by atoms with van der Waals surface area (Å²) in [7, 11) is 0. The van der Waals surface area contributed by atoms with Crippen molar-refractivity contribution in [2.75, 3.05) is 26.2 Å². The van der Waals surface area contributed by atoms with Crippen LogP contribution in [0.3, 0.4) is 0 Å². The van der Waals surface area contributed by atoms with E-state index in [1.807, 2.05) is 25.1 Å². The van der Waals surface area contributed by atoms with Gasteiger partial charge in [-0.25, -0.2) is 4.79 Å². The molecule has 150 valence electrons. The molecule has 0 saturated carbocycles. The highest BCUT2D eigenvalue weighted by Gasteiger charge is 2.23. The van der Waals surface area contributed by atoms with Gasteiger partial charge in [-0.1, -0.05) is 30.3 Å². The molecule has 27 heavy (non-hydrogen) atoms. The minimum atomic E-state index is -0.396. The molecule has 1 fully saturated rings. The number of likely N-dealkylation sites (tertiary alicyclic amines) is 1. The summed E-state index contributed by atoms with van der Waals surface area (Å²) in [6.45, 7) is 5.82. The average molecular weight is 377 g/mol. The van der Waals surface area contributed by atoms with Crippen LogP contribution in [0.15, 0.2) is 35.3 Å². The smallest absolute Gasteiger partial charge is 0.409 e. The lowest BCUT2D eigenvalue weighted by Gasteiger charge is -2.31. The van der Waals surface area contributed by atoms with E-state index in [0.717, 1.165) is 18.4 Å².